The van der Waals surface area contributed by atoms with E-state index in [1.54, 1.807) is 0 Å². The van der Waals surface area contributed by atoms with Gasteiger partial charge in [0.05, 0.1) is 11.3 Å². The Bertz CT molecular complexity index is 1650. The zero-order chi connectivity index (χ0) is 26.9. The average molecular weight is 512 g/mol. The standard InChI is InChI=1S/C30H29N3O5/c1-15-11-16(2)24(17(3)12-15)33-28(35)23(27(34)31-30(33)37)14-22-18(4)21-13-19-7-5-9-32-10-6-8-20(25(19)32)26(21)38-29(22)36/h11-14H,5-10H2,1-4H3,(H,31,34,37)/b23-14+. The van der Waals surface area contributed by atoms with E-state index >= 15 is 0 Å². The molecule has 3 aliphatic heterocycles. The van der Waals surface area contributed by atoms with Crippen LogP contribution in [0.4, 0.5) is 16.2 Å². The van der Waals surface area contributed by atoms with Crippen LogP contribution in [-0.4, -0.2) is 30.9 Å². The molecular weight excluding hydrogens is 482 g/mol. The lowest BCUT2D eigenvalue weighted by atomic mass is 9.88. The van der Waals surface area contributed by atoms with Crippen LogP contribution in [0.3, 0.4) is 0 Å². The normalized spacial score (nSPS) is 18.3. The van der Waals surface area contributed by atoms with Crippen molar-refractivity contribution in [2.75, 3.05) is 22.9 Å². The number of aryl methyl sites for hydroxylation is 6. The molecule has 194 valence electrons. The second-order valence-electron chi connectivity index (χ2n) is 10.6. The second kappa shape index (κ2) is 8.68. The van der Waals surface area contributed by atoms with E-state index in [0.29, 0.717) is 16.8 Å². The number of urea groups is 1. The minimum atomic E-state index is -0.839. The van der Waals surface area contributed by atoms with Crippen LogP contribution in [0.2, 0.25) is 0 Å². The molecule has 38 heavy (non-hydrogen) atoms. The second-order valence-corrected chi connectivity index (χ2v) is 10.6. The summed E-state index contributed by atoms with van der Waals surface area (Å²) in [5, 5.41) is 3.08. The van der Waals surface area contributed by atoms with E-state index in [1.165, 1.54) is 17.3 Å². The summed E-state index contributed by atoms with van der Waals surface area (Å²) in [7, 11) is 0. The van der Waals surface area contributed by atoms with Crippen molar-refractivity contribution in [2.45, 2.75) is 53.4 Å². The van der Waals surface area contributed by atoms with E-state index in [4.69, 9.17) is 4.42 Å². The number of anilines is 2. The maximum Gasteiger partial charge on any atom is 0.343 e. The van der Waals surface area contributed by atoms with Gasteiger partial charge in [0, 0.05) is 29.7 Å². The van der Waals surface area contributed by atoms with Crippen LogP contribution in [0.5, 0.6) is 0 Å². The SMILES string of the molecule is Cc1cc(C)c(N2C(=O)NC(=O)/C(=C\c3c(C)c4cc5c6c(c4oc3=O)CCCN6CCC5)C2=O)c(C)c1. The third-order valence-corrected chi connectivity index (χ3v) is 7.94. The molecule has 0 spiro atoms. The van der Waals surface area contributed by atoms with Crippen LogP contribution < -0.4 is 20.7 Å². The van der Waals surface area contributed by atoms with E-state index in [1.807, 2.05) is 39.8 Å². The lowest BCUT2D eigenvalue weighted by Gasteiger charge is -2.37. The van der Waals surface area contributed by atoms with Gasteiger partial charge in [-0.2, -0.15) is 0 Å². The summed E-state index contributed by atoms with van der Waals surface area (Å²) in [5.41, 5.74) is 6.86. The lowest BCUT2D eigenvalue weighted by Crippen LogP contribution is -2.54. The van der Waals surface area contributed by atoms with Gasteiger partial charge < -0.3 is 9.32 Å². The number of hydrogen-bond acceptors (Lipinski definition) is 6. The lowest BCUT2D eigenvalue weighted by molar-refractivity contribution is -0.122. The first-order valence-corrected chi connectivity index (χ1v) is 13.0. The molecule has 3 aromatic rings. The number of amides is 4. The quantitative estimate of drug-likeness (QED) is 0.311. The van der Waals surface area contributed by atoms with Gasteiger partial charge >= 0.3 is 11.7 Å². The first-order chi connectivity index (χ1) is 18.2. The number of carbonyl (C=O) groups excluding carboxylic acids is 3. The van der Waals surface area contributed by atoms with Crippen LogP contribution >= 0.6 is 0 Å². The maximum atomic E-state index is 13.6. The molecule has 6 rings (SSSR count). The largest absolute Gasteiger partial charge is 0.422 e. The molecule has 1 N–H and O–H groups in total. The molecule has 0 unspecified atom stereocenters. The maximum absolute atomic E-state index is 13.6. The highest BCUT2D eigenvalue weighted by Crippen LogP contribution is 2.41. The highest BCUT2D eigenvalue weighted by atomic mass is 16.4. The Balaban J connectivity index is 1.51. The Morgan fingerprint density at radius 2 is 1.58 bits per heavy atom. The Labute approximate surface area is 219 Å². The van der Waals surface area contributed by atoms with Crippen LogP contribution in [0, 0.1) is 27.7 Å². The van der Waals surface area contributed by atoms with E-state index < -0.39 is 23.5 Å². The first-order valence-electron chi connectivity index (χ1n) is 13.0. The van der Waals surface area contributed by atoms with Crippen molar-refractivity contribution in [3.63, 3.8) is 0 Å². The Morgan fingerprint density at radius 1 is 0.895 bits per heavy atom. The summed E-state index contributed by atoms with van der Waals surface area (Å²) in [6.45, 7) is 9.38. The number of imide groups is 2. The van der Waals surface area contributed by atoms with Gasteiger partial charge in [0.15, 0.2) is 0 Å². The molecule has 8 nitrogen and oxygen atoms in total. The summed E-state index contributed by atoms with van der Waals surface area (Å²) >= 11 is 0. The van der Waals surface area contributed by atoms with Gasteiger partial charge in [-0.15, -0.1) is 0 Å². The average Bonchev–Trinajstić information content (AvgIpc) is 2.86. The minimum absolute atomic E-state index is 0.137. The highest BCUT2D eigenvalue weighted by Gasteiger charge is 2.38. The molecule has 1 saturated heterocycles. The minimum Gasteiger partial charge on any atom is -0.422 e. The van der Waals surface area contributed by atoms with Gasteiger partial charge in [-0.05, 0) is 87.8 Å². The van der Waals surface area contributed by atoms with E-state index in [0.717, 1.165) is 71.3 Å². The predicted molar refractivity (Wildman–Crippen MR) is 146 cm³/mol. The van der Waals surface area contributed by atoms with Gasteiger partial charge in [0.2, 0.25) is 0 Å². The zero-order valence-corrected chi connectivity index (χ0v) is 22.0. The van der Waals surface area contributed by atoms with Crippen molar-refractivity contribution in [1.29, 1.82) is 0 Å². The number of fused-ring (bicyclic) bond motifs is 2. The van der Waals surface area contributed by atoms with E-state index in [-0.39, 0.29) is 11.1 Å². The number of barbiturate groups is 1. The van der Waals surface area contributed by atoms with Gasteiger partial charge in [-0.25, -0.2) is 14.5 Å². The molecule has 1 fully saturated rings. The number of benzene rings is 2. The summed E-state index contributed by atoms with van der Waals surface area (Å²) in [6.07, 6.45) is 5.13. The smallest absolute Gasteiger partial charge is 0.343 e. The summed E-state index contributed by atoms with van der Waals surface area (Å²) in [4.78, 5) is 55.9. The van der Waals surface area contributed by atoms with E-state index in [2.05, 4.69) is 16.3 Å². The van der Waals surface area contributed by atoms with Crippen LogP contribution in [0.25, 0.3) is 17.0 Å². The van der Waals surface area contributed by atoms with Gasteiger partial charge in [0.1, 0.15) is 11.2 Å². The predicted octanol–water partition coefficient (Wildman–Crippen LogP) is 4.39. The fourth-order valence-electron chi connectivity index (χ4n) is 6.37. The summed E-state index contributed by atoms with van der Waals surface area (Å²) in [6, 6.07) is 5.02. The van der Waals surface area contributed by atoms with Crippen molar-refractivity contribution < 1.29 is 18.8 Å². The molecule has 0 saturated carbocycles. The Hall–Kier alpha value is -4.20. The molecule has 8 heteroatoms. The fraction of sp³-hybridized carbons (Fsp3) is 0.333. The molecule has 0 bridgehead atoms. The van der Waals surface area contributed by atoms with Crippen molar-refractivity contribution >= 4 is 46.3 Å². The molecular formula is C30H29N3O5. The number of carbonyl (C=O) groups is 3. The topological polar surface area (TPSA) is 99.9 Å². The van der Waals surface area contributed by atoms with Crippen molar-refractivity contribution in [2.24, 2.45) is 0 Å². The van der Waals surface area contributed by atoms with Crippen molar-refractivity contribution in [3.8, 4) is 0 Å². The third-order valence-electron chi connectivity index (χ3n) is 7.94. The molecule has 2 aromatic carbocycles. The highest BCUT2D eigenvalue weighted by molar-refractivity contribution is 6.39. The molecule has 4 heterocycles. The van der Waals surface area contributed by atoms with Crippen LogP contribution in [-0.2, 0) is 22.4 Å². The van der Waals surface area contributed by atoms with Gasteiger partial charge in [-0.1, -0.05) is 17.7 Å². The van der Waals surface area contributed by atoms with E-state index in [9.17, 15) is 19.2 Å². The van der Waals surface area contributed by atoms with Gasteiger partial charge in [-0.3, -0.25) is 14.9 Å². The fourth-order valence-corrected chi connectivity index (χ4v) is 6.37. The van der Waals surface area contributed by atoms with Crippen LogP contribution in [0.1, 0.15) is 51.8 Å². The molecule has 4 amide bonds. The van der Waals surface area contributed by atoms with Crippen molar-refractivity contribution in [3.05, 3.63) is 73.1 Å². The van der Waals surface area contributed by atoms with Gasteiger partial charge in [0.25, 0.3) is 11.8 Å². The molecule has 0 aliphatic carbocycles. The number of hydrogen-bond donors (Lipinski definition) is 1. The monoisotopic (exact) mass is 511 g/mol. The van der Waals surface area contributed by atoms with Crippen molar-refractivity contribution in [1.82, 2.24) is 5.32 Å². The molecule has 3 aliphatic rings. The molecule has 1 aromatic heterocycles. The molecule has 0 radical (unpaired) electrons. The summed E-state index contributed by atoms with van der Waals surface area (Å²) < 4.78 is 5.89. The number of nitrogens with zero attached hydrogens (tertiary/aromatic N) is 2. The first kappa shape index (κ1) is 24.2. The number of rotatable bonds is 2. The third kappa shape index (κ3) is 3.58. The Kier molecular flexibility index (Phi) is 5.52. The number of nitrogens with one attached hydrogen (secondary N) is 1. The molecule has 0 atom stereocenters. The zero-order valence-electron chi connectivity index (χ0n) is 22.0. The Morgan fingerprint density at radius 3 is 2.29 bits per heavy atom. The van der Waals surface area contributed by atoms with Crippen LogP contribution in [0.15, 0.2) is 33.0 Å². The summed E-state index contributed by atoms with van der Waals surface area (Å²) in [5.74, 6) is -1.61.